The van der Waals surface area contributed by atoms with Crippen molar-refractivity contribution in [2.45, 2.75) is 82.3 Å². The lowest BCUT2D eigenvalue weighted by Gasteiger charge is -2.47. The first kappa shape index (κ1) is 25.8. The van der Waals surface area contributed by atoms with Crippen LogP contribution in [-0.4, -0.2) is 46.7 Å². The van der Waals surface area contributed by atoms with Gasteiger partial charge in [0.05, 0.1) is 24.8 Å². The maximum atomic E-state index is 14.7. The van der Waals surface area contributed by atoms with Gasteiger partial charge in [0.25, 0.3) is 0 Å². The van der Waals surface area contributed by atoms with Gasteiger partial charge in [-0.2, -0.15) is 0 Å². The molecule has 8 heteroatoms. The largest absolute Gasteiger partial charge is 0.481 e. The molecule has 1 unspecified atom stereocenters. The third-order valence-corrected chi connectivity index (χ3v) is 9.01. The highest BCUT2D eigenvalue weighted by molar-refractivity contribution is 5.91. The quantitative estimate of drug-likeness (QED) is 0.496. The van der Waals surface area contributed by atoms with E-state index in [2.05, 4.69) is 18.2 Å². The van der Waals surface area contributed by atoms with Gasteiger partial charge in [0.15, 0.2) is 0 Å². The van der Waals surface area contributed by atoms with Gasteiger partial charge >= 0.3 is 12.1 Å². The number of ether oxygens (including phenoxy) is 1. The van der Waals surface area contributed by atoms with E-state index in [1.807, 2.05) is 11.0 Å². The summed E-state index contributed by atoms with van der Waals surface area (Å²) in [4.78, 5) is 41.8. The molecule has 2 saturated carbocycles. The predicted molar refractivity (Wildman–Crippen MR) is 143 cm³/mol. The molecule has 0 radical (unpaired) electrons. The second-order valence-electron chi connectivity index (χ2n) is 11.6. The number of nitrogens with zero attached hydrogens (tertiary/aromatic N) is 2. The zero-order valence-corrected chi connectivity index (χ0v) is 22.1. The lowest BCUT2D eigenvalue weighted by Crippen LogP contribution is -2.53. The van der Waals surface area contributed by atoms with Crippen molar-refractivity contribution in [3.8, 4) is 0 Å². The summed E-state index contributed by atoms with van der Waals surface area (Å²) in [6, 6.07) is 12.4. The van der Waals surface area contributed by atoms with Gasteiger partial charge in [-0.3, -0.25) is 14.5 Å². The van der Waals surface area contributed by atoms with Gasteiger partial charge in [0.1, 0.15) is 5.82 Å². The summed E-state index contributed by atoms with van der Waals surface area (Å²) in [5.41, 5.74) is 3.90. The molecular weight excluding hydrogens is 499 g/mol. The van der Waals surface area contributed by atoms with Gasteiger partial charge in [0.2, 0.25) is 5.91 Å². The van der Waals surface area contributed by atoms with E-state index in [4.69, 9.17) is 9.84 Å². The first-order chi connectivity index (χ1) is 18.9. The zero-order valence-electron chi connectivity index (χ0n) is 22.1. The van der Waals surface area contributed by atoms with Crippen LogP contribution in [-0.2, 0) is 27.2 Å². The van der Waals surface area contributed by atoms with Crippen LogP contribution in [0, 0.1) is 17.7 Å². The summed E-state index contributed by atoms with van der Waals surface area (Å²) in [5, 5.41) is 9.16. The van der Waals surface area contributed by atoms with E-state index in [1.54, 1.807) is 11.0 Å². The monoisotopic (exact) mass is 534 g/mol. The summed E-state index contributed by atoms with van der Waals surface area (Å²) in [6.45, 7) is 0.336. The van der Waals surface area contributed by atoms with Crippen molar-refractivity contribution >= 4 is 23.7 Å². The summed E-state index contributed by atoms with van der Waals surface area (Å²) in [5.74, 6) is -1.44. The van der Waals surface area contributed by atoms with Crippen molar-refractivity contribution in [3.63, 3.8) is 0 Å². The van der Waals surface area contributed by atoms with Crippen LogP contribution in [0.15, 0.2) is 42.5 Å². The van der Waals surface area contributed by atoms with Gasteiger partial charge in [-0.05, 0) is 80.2 Å². The molecule has 2 aromatic carbocycles. The Kier molecular flexibility index (Phi) is 7.04. The first-order valence-electron chi connectivity index (χ1n) is 14.3. The molecule has 0 aromatic heterocycles. The minimum atomic E-state index is -1.01. The van der Waals surface area contributed by atoms with E-state index in [-0.39, 0.29) is 48.7 Å². The number of carbonyl (C=O) groups excluding carboxylic acids is 2. The van der Waals surface area contributed by atoms with E-state index in [1.165, 1.54) is 23.3 Å². The summed E-state index contributed by atoms with van der Waals surface area (Å²) < 4.78 is 20.6. The van der Waals surface area contributed by atoms with Crippen molar-refractivity contribution < 1.29 is 28.6 Å². The highest BCUT2D eigenvalue weighted by atomic mass is 19.1. The fraction of sp³-hybridized carbons (Fsp3) is 0.516. The van der Waals surface area contributed by atoms with Crippen molar-refractivity contribution in [1.29, 1.82) is 0 Å². The maximum absolute atomic E-state index is 14.7. The second-order valence-corrected chi connectivity index (χ2v) is 11.6. The molecule has 2 aromatic rings. The van der Waals surface area contributed by atoms with E-state index in [9.17, 15) is 18.8 Å². The summed E-state index contributed by atoms with van der Waals surface area (Å²) in [6.07, 6.45) is 6.30. The molecule has 0 bridgehead atoms. The van der Waals surface area contributed by atoms with Crippen LogP contribution < -0.4 is 4.90 Å². The molecule has 1 N–H and O–H groups in total. The Hall–Kier alpha value is -3.42. The molecule has 7 nitrogen and oxygen atoms in total. The van der Waals surface area contributed by atoms with Crippen molar-refractivity contribution in [2.24, 2.45) is 11.8 Å². The number of halogens is 1. The predicted octanol–water partition coefficient (Wildman–Crippen LogP) is 5.65. The lowest BCUT2D eigenvalue weighted by molar-refractivity contribution is -0.142. The van der Waals surface area contributed by atoms with E-state index in [0.717, 1.165) is 51.4 Å². The van der Waals surface area contributed by atoms with Crippen LogP contribution in [0.25, 0.3) is 0 Å². The molecule has 0 saturated heterocycles. The molecule has 206 valence electrons. The number of carbonyl (C=O) groups is 3. The number of rotatable bonds is 7. The number of hydrogen-bond donors (Lipinski definition) is 1. The standard InChI is InChI=1S/C31H35FN2O5/c32-22-10-13-27-25(17-22)30(33(23-11-12-23)28(35)14-15-29(36)37)24-6-3-7-26(24)34(27)31(38)39-18-19-8-9-20-4-1-2-5-21(20)16-19/h1-2,4-5,10,13,17,19,23-24,26,30H,3,6-9,11-12,14-16,18H2,(H,36,37)/t19?,24-,26+,30-/m1/s1. The molecule has 1 aliphatic heterocycles. The van der Waals surface area contributed by atoms with E-state index >= 15 is 0 Å². The van der Waals surface area contributed by atoms with E-state index in [0.29, 0.717) is 17.9 Å². The number of carboxylic acid groups (broad SMARTS) is 1. The van der Waals surface area contributed by atoms with Crippen molar-refractivity contribution in [1.82, 2.24) is 4.90 Å². The van der Waals surface area contributed by atoms with Crippen molar-refractivity contribution in [3.05, 3.63) is 65.0 Å². The number of amides is 2. The minimum Gasteiger partial charge on any atom is -0.481 e. The van der Waals surface area contributed by atoms with Crippen LogP contribution in [0.2, 0.25) is 0 Å². The molecule has 39 heavy (non-hydrogen) atoms. The van der Waals surface area contributed by atoms with Gasteiger partial charge in [-0.1, -0.05) is 30.7 Å². The SMILES string of the molecule is O=C(O)CCC(=O)N(C1CC1)[C@H]1c2cc(F)ccc2N(C(=O)OCC2CCc3ccccc3C2)[C@H]2CCC[C@H]21. The molecule has 6 rings (SSSR count). The highest BCUT2D eigenvalue weighted by Gasteiger charge is 2.52. The smallest absolute Gasteiger partial charge is 0.414 e. The Morgan fingerprint density at radius 2 is 1.79 bits per heavy atom. The molecular formula is C31H35FN2O5. The molecule has 2 amide bonds. The molecule has 4 atom stereocenters. The summed E-state index contributed by atoms with van der Waals surface area (Å²) >= 11 is 0. The average Bonchev–Trinajstić information content (AvgIpc) is 3.65. The number of aliphatic carboxylic acids is 1. The van der Waals surface area contributed by atoms with Crippen LogP contribution in [0.1, 0.15) is 74.1 Å². The maximum Gasteiger partial charge on any atom is 0.414 e. The van der Waals surface area contributed by atoms with Crippen LogP contribution >= 0.6 is 0 Å². The molecule has 4 aliphatic rings. The Morgan fingerprint density at radius 3 is 2.56 bits per heavy atom. The Balaban J connectivity index is 1.26. The molecule has 1 heterocycles. The average molecular weight is 535 g/mol. The van der Waals surface area contributed by atoms with Gasteiger partial charge in [0, 0.05) is 30.0 Å². The fourth-order valence-electron chi connectivity index (χ4n) is 7.09. The third-order valence-electron chi connectivity index (χ3n) is 9.01. The van der Waals surface area contributed by atoms with Crippen molar-refractivity contribution in [2.75, 3.05) is 11.5 Å². The Labute approximate surface area is 227 Å². The molecule has 3 aliphatic carbocycles. The minimum absolute atomic E-state index is 0.0290. The lowest BCUT2D eigenvalue weighted by atomic mass is 9.81. The number of carboxylic acids is 1. The van der Waals surface area contributed by atoms with Crippen LogP contribution in [0.5, 0.6) is 0 Å². The van der Waals surface area contributed by atoms with E-state index < -0.39 is 17.9 Å². The number of hydrogen-bond acceptors (Lipinski definition) is 4. The molecule has 2 fully saturated rings. The topological polar surface area (TPSA) is 87.2 Å². The number of aryl methyl sites for hydroxylation is 1. The number of fused-ring (bicyclic) bond motifs is 3. The third kappa shape index (κ3) is 5.13. The Bertz CT molecular complexity index is 1280. The summed E-state index contributed by atoms with van der Waals surface area (Å²) in [7, 11) is 0. The second kappa shape index (κ2) is 10.6. The fourth-order valence-corrected chi connectivity index (χ4v) is 7.09. The Morgan fingerprint density at radius 1 is 1.00 bits per heavy atom. The first-order valence-corrected chi connectivity index (χ1v) is 14.3. The number of benzene rings is 2. The van der Waals surface area contributed by atoms with Gasteiger partial charge in [-0.15, -0.1) is 0 Å². The van der Waals surface area contributed by atoms with Gasteiger partial charge in [-0.25, -0.2) is 9.18 Å². The zero-order chi connectivity index (χ0) is 27.1. The number of anilines is 1. The normalized spacial score (nSPS) is 25.3. The van der Waals surface area contributed by atoms with Crippen LogP contribution in [0.3, 0.4) is 0 Å². The van der Waals surface area contributed by atoms with Gasteiger partial charge < -0.3 is 14.7 Å². The molecule has 0 spiro atoms. The highest BCUT2D eigenvalue weighted by Crippen LogP contribution is 2.53. The van der Waals surface area contributed by atoms with Crippen LogP contribution in [0.4, 0.5) is 14.9 Å².